The van der Waals surface area contributed by atoms with Crippen LogP contribution in [0.15, 0.2) is 34.9 Å². The molecule has 0 saturated carbocycles. The van der Waals surface area contributed by atoms with Gasteiger partial charge in [0.15, 0.2) is 23.2 Å². The van der Waals surface area contributed by atoms with E-state index in [9.17, 15) is 4.79 Å². The van der Waals surface area contributed by atoms with Crippen LogP contribution >= 0.6 is 0 Å². The lowest BCUT2D eigenvalue weighted by molar-refractivity contribution is 0.102. The highest BCUT2D eigenvalue weighted by molar-refractivity contribution is 6.05. The topological polar surface area (TPSA) is 96.7 Å². The minimum absolute atomic E-state index is 0.223. The fourth-order valence-corrected chi connectivity index (χ4v) is 2.00. The van der Waals surface area contributed by atoms with Gasteiger partial charge in [-0.15, -0.1) is 5.10 Å². The summed E-state index contributed by atoms with van der Waals surface area (Å²) in [7, 11) is 0. The van der Waals surface area contributed by atoms with Crippen molar-refractivity contribution in [3.05, 3.63) is 47.6 Å². The predicted octanol–water partition coefficient (Wildman–Crippen LogP) is 2.33. The Balaban J connectivity index is 1.97. The van der Waals surface area contributed by atoms with Crippen LogP contribution in [-0.4, -0.2) is 26.3 Å². The molecule has 1 amide bonds. The zero-order valence-electron chi connectivity index (χ0n) is 11.5. The molecule has 0 unspecified atom stereocenters. The first-order valence-electron chi connectivity index (χ1n) is 6.35. The first-order valence-corrected chi connectivity index (χ1v) is 6.35. The largest absolute Gasteiger partial charge is 0.440 e. The van der Waals surface area contributed by atoms with Crippen LogP contribution in [0.5, 0.6) is 0 Å². The van der Waals surface area contributed by atoms with Gasteiger partial charge in [0.2, 0.25) is 0 Å². The Kier molecular flexibility index (Phi) is 3.23. The summed E-state index contributed by atoms with van der Waals surface area (Å²) >= 11 is 0. The molecule has 3 aromatic rings. The van der Waals surface area contributed by atoms with Gasteiger partial charge in [0.25, 0.3) is 5.91 Å². The minimum atomic E-state index is -0.391. The van der Waals surface area contributed by atoms with Crippen molar-refractivity contribution < 1.29 is 9.21 Å². The number of aryl methyl sites for hydroxylation is 2. The summed E-state index contributed by atoms with van der Waals surface area (Å²) in [4.78, 5) is 16.4. The highest BCUT2D eigenvalue weighted by atomic mass is 16.4. The fraction of sp³-hybridized carbons (Fsp3) is 0.143. The first-order chi connectivity index (χ1) is 10.1. The van der Waals surface area contributed by atoms with Gasteiger partial charge in [-0.3, -0.25) is 4.79 Å². The number of oxazole rings is 1. The second-order valence-electron chi connectivity index (χ2n) is 4.59. The molecule has 0 aliphatic carbocycles. The Bertz CT molecular complexity index is 777. The van der Waals surface area contributed by atoms with Gasteiger partial charge in [-0.2, -0.15) is 10.3 Å². The molecule has 0 saturated heterocycles. The van der Waals surface area contributed by atoms with E-state index in [2.05, 4.69) is 25.7 Å². The van der Waals surface area contributed by atoms with Crippen LogP contribution in [0.1, 0.15) is 21.9 Å². The van der Waals surface area contributed by atoms with E-state index in [1.165, 1.54) is 6.20 Å². The van der Waals surface area contributed by atoms with Gasteiger partial charge in [0.1, 0.15) is 0 Å². The van der Waals surface area contributed by atoms with Crippen molar-refractivity contribution in [3.8, 4) is 11.3 Å². The second kappa shape index (κ2) is 5.20. The minimum Gasteiger partial charge on any atom is -0.440 e. The third-order valence-electron chi connectivity index (χ3n) is 2.89. The summed E-state index contributed by atoms with van der Waals surface area (Å²) in [5.41, 5.74) is 2.10. The zero-order valence-corrected chi connectivity index (χ0v) is 11.5. The van der Waals surface area contributed by atoms with E-state index < -0.39 is 5.91 Å². The third-order valence-corrected chi connectivity index (χ3v) is 2.89. The molecule has 0 radical (unpaired) electrons. The average molecular weight is 283 g/mol. The molecule has 106 valence electrons. The number of nitrogens with one attached hydrogen (secondary N) is 2. The molecule has 2 heterocycles. The van der Waals surface area contributed by atoms with Crippen LogP contribution in [0.2, 0.25) is 0 Å². The summed E-state index contributed by atoms with van der Waals surface area (Å²) in [6.45, 7) is 3.67. The Morgan fingerprint density at radius 3 is 2.90 bits per heavy atom. The van der Waals surface area contributed by atoms with Crippen molar-refractivity contribution in [2.24, 2.45) is 0 Å². The van der Waals surface area contributed by atoms with Crippen molar-refractivity contribution in [2.75, 3.05) is 5.32 Å². The molecule has 0 aliphatic heterocycles. The number of rotatable bonds is 3. The van der Waals surface area contributed by atoms with Gasteiger partial charge in [0, 0.05) is 12.5 Å². The summed E-state index contributed by atoms with van der Waals surface area (Å²) < 4.78 is 5.58. The number of aromatic nitrogens is 4. The quantitative estimate of drug-likeness (QED) is 0.769. The Morgan fingerprint density at radius 1 is 1.33 bits per heavy atom. The van der Waals surface area contributed by atoms with Crippen molar-refractivity contribution in [2.45, 2.75) is 13.8 Å². The van der Waals surface area contributed by atoms with Crippen molar-refractivity contribution in [1.29, 1.82) is 0 Å². The maximum atomic E-state index is 12.3. The van der Waals surface area contributed by atoms with E-state index in [0.29, 0.717) is 17.5 Å². The van der Waals surface area contributed by atoms with Gasteiger partial charge >= 0.3 is 0 Å². The lowest BCUT2D eigenvalue weighted by Crippen LogP contribution is -2.13. The Hall–Kier alpha value is -2.96. The van der Waals surface area contributed by atoms with E-state index >= 15 is 0 Å². The van der Waals surface area contributed by atoms with Crippen LogP contribution in [0.25, 0.3) is 11.3 Å². The van der Waals surface area contributed by atoms with Crippen LogP contribution in [0.4, 0.5) is 5.82 Å². The summed E-state index contributed by atoms with van der Waals surface area (Å²) in [5, 5.41) is 12.4. The van der Waals surface area contributed by atoms with Gasteiger partial charge < -0.3 is 9.73 Å². The number of carbonyl (C=O) groups excluding carboxylic acids is 1. The lowest BCUT2D eigenvalue weighted by atomic mass is 10.1. The van der Waals surface area contributed by atoms with E-state index in [-0.39, 0.29) is 5.69 Å². The molecule has 0 spiro atoms. The molecule has 21 heavy (non-hydrogen) atoms. The average Bonchev–Trinajstić information content (AvgIpc) is 3.08. The SMILES string of the molecule is Cc1cccc(-c2oc(C)nc2C(=O)Nc2cn[nH]n2)c1. The van der Waals surface area contributed by atoms with Crippen LogP contribution in [-0.2, 0) is 0 Å². The van der Waals surface area contributed by atoms with Crippen LogP contribution in [0, 0.1) is 13.8 Å². The van der Waals surface area contributed by atoms with E-state index in [4.69, 9.17) is 4.42 Å². The third kappa shape index (κ3) is 2.66. The maximum absolute atomic E-state index is 12.3. The monoisotopic (exact) mass is 283 g/mol. The highest BCUT2D eigenvalue weighted by Gasteiger charge is 2.21. The lowest BCUT2D eigenvalue weighted by Gasteiger charge is -2.02. The van der Waals surface area contributed by atoms with Gasteiger partial charge in [0.05, 0.1) is 6.20 Å². The van der Waals surface area contributed by atoms with Gasteiger partial charge in [-0.05, 0) is 13.0 Å². The number of carbonyl (C=O) groups is 1. The molecular weight excluding hydrogens is 270 g/mol. The van der Waals surface area contributed by atoms with Crippen LogP contribution in [0.3, 0.4) is 0 Å². The summed E-state index contributed by atoms with van der Waals surface area (Å²) in [6, 6.07) is 7.69. The molecule has 2 N–H and O–H groups in total. The van der Waals surface area contributed by atoms with Gasteiger partial charge in [-0.25, -0.2) is 4.98 Å². The van der Waals surface area contributed by atoms with Crippen molar-refractivity contribution in [1.82, 2.24) is 20.4 Å². The Morgan fingerprint density at radius 2 is 2.19 bits per heavy atom. The summed E-state index contributed by atoms with van der Waals surface area (Å²) in [6.07, 6.45) is 1.41. The molecule has 7 heteroatoms. The maximum Gasteiger partial charge on any atom is 0.279 e. The Labute approximate surface area is 120 Å². The molecule has 2 aromatic heterocycles. The highest BCUT2D eigenvalue weighted by Crippen LogP contribution is 2.26. The normalized spacial score (nSPS) is 10.6. The smallest absolute Gasteiger partial charge is 0.279 e. The number of amides is 1. The van der Waals surface area contributed by atoms with E-state index in [1.807, 2.05) is 31.2 Å². The van der Waals surface area contributed by atoms with Crippen molar-refractivity contribution in [3.63, 3.8) is 0 Å². The number of benzene rings is 1. The van der Waals surface area contributed by atoms with Crippen LogP contribution < -0.4 is 5.32 Å². The molecular formula is C14H13N5O2. The molecule has 0 atom stereocenters. The molecule has 0 aliphatic rings. The van der Waals surface area contributed by atoms with Gasteiger partial charge in [-0.1, -0.05) is 23.8 Å². The standard InChI is InChI=1S/C14H13N5O2/c1-8-4-3-5-10(6-8)13-12(16-9(2)21-13)14(20)17-11-7-15-19-18-11/h3-7H,1-2H3,(H2,15,17,18,19,20). The molecule has 3 rings (SSSR count). The second-order valence-corrected chi connectivity index (χ2v) is 4.59. The summed E-state index contributed by atoms with van der Waals surface area (Å²) in [5.74, 6) is 0.808. The predicted molar refractivity (Wildman–Crippen MR) is 75.7 cm³/mol. The van der Waals surface area contributed by atoms with Crippen molar-refractivity contribution >= 4 is 11.7 Å². The number of nitrogens with zero attached hydrogens (tertiary/aromatic N) is 3. The zero-order chi connectivity index (χ0) is 14.8. The number of hydrogen-bond acceptors (Lipinski definition) is 5. The number of anilines is 1. The van der Waals surface area contributed by atoms with E-state index in [0.717, 1.165) is 11.1 Å². The molecule has 0 fully saturated rings. The molecule has 0 bridgehead atoms. The van der Waals surface area contributed by atoms with E-state index in [1.54, 1.807) is 6.92 Å². The number of aromatic amines is 1. The fourth-order valence-electron chi connectivity index (χ4n) is 2.00. The number of H-pyrrole nitrogens is 1. The molecule has 1 aromatic carbocycles. The molecule has 7 nitrogen and oxygen atoms in total. The first kappa shape index (κ1) is 13.0. The number of hydrogen-bond donors (Lipinski definition) is 2.